The van der Waals surface area contributed by atoms with Crippen molar-refractivity contribution in [3.63, 3.8) is 0 Å². The van der Waals surface area contributed by atoms with Crippen LogP contribution in [-0.2, 0) is 11.3 Å². The van der Waals surface area contributed by atoms with Gasteiger partial charge in [0.1, 0.15) is 11.9 Å². The average Bonchev–Trinajstić information content (AvgIpc) is 2.42. The highest BCUT2D eigenvalue weighted by Gasteiger charge is 2.23. The lowest BCUT2D eigenvalue weighted by Crippen LogP contribution is -2.29. The third-order valence-corrected chi connectivity index (χ3v) is 3.79. The van der Waals surface area contributed by atoms with Crippen molar-refractivity contribution in [3.05, 3.63) is 29.3 Å². The van der Waals surface area contributed by atoms with Crippen LogP contribution in [0.3, 0.4) is 0 Å². The Hall–Kier alpha value is -1.06. The molecule has 1 aromatic carbocycles. The number of ether oxygens (including phenoxy) is 2. The van der Waals surface area contributed by atoms with E-state index in [2.05, 4.69) is 30.4 Å². The van der Waals surface area contributed by atoms with Gasteiger partial charge >= 0.3 is 0 Å². The van der Waals surface area contributed by atoms with Gasteiger partial charge in [0.05, 0.1) is 6.10 Å². The zero-order valence-electron chi connectivity index (χ0n) is 12.2. The van der Waals surface area contributed by atoms with Crippen molar-refractivity contribution in [2.75, 3.05) is 14.2 Å². The number of benzene rings is 1. The van der Waals surface area contributed by atoms with Crippen LogP contribution in [0.15, 0.2) is 18.2 Å². The fourth-order valence-corrected chi connectivity index (χ4v) is 2.75. The first kappa shape index (κ1) is 14.4. The van der Waals surface area contributed by atoms with Crippen molar-refractivity contribution >= 4 is 0 Å². The molecule has 3 heteroatoms. The van der Waals surface area contributed by atoms with Crippen LogP contribution in [0.2, 0.25) is 0 Å². The lowest BCUT2D eigenvalue weighted by Gasteiger charge is -2.29. The Kier molecular flexibility index (Phi) is 5.23. The molecule has 106 valence electrons. The fraction of sp³-hybridized carbons (Fsp3) is 0.625. The molecule has 0 aliphatic heterocycles. The Morgan fingerprint density at radius 1 is 1.26 bits per heavy atom. The van der Waals surface area contributed by atoms with Crippen molar-refractivity contribution in [2.24, 2.45) is 0 Å². The van der Waals surface area contributed by atoms with Gasteiger partial charge in [0, 0.05) is 25.6 Å². The maximum atomic E-state index is 6.21. The van der Waals surface area contributed by atoms with E-state index in [0.717, 1.165) is 31.6 Å². The maximum absolute atomic E-state index is 6.21. The number of rotatable bonds is 5. The molecular weight excluding hydrogens is 238 g/mol. The second kappa shape index (κ2) is 6.92. The SMILES string of the molecule is CNCc1cc(C)ccc1OC1CCCC(OC)C1. The van der Waals surface area contributed by atoms with Gasteiger partial charge in [-0.05, 0) is 39.3 Å². The molecule has 2 atom stereocenters. The van der Waals surface area contributed by atoms with Crippen LogP contribution in [-0.4, -0.2) is 26.4 Å². The summed E-state index contributed by atoms with van der Waals surface area (Å²) in [6, 6.07) is 6.41. The standard InChI is InChI=1S/C16H25NO2/c1-12-7-8-16(13(9-12)11-17-2)19-15-6-4-5-14(10-15)18-3/h7-9,14-15,17H,4-6,10-11H2,1-3H3. The van der Waals surface area contributed by atoms with Crippen LogP contribution in [0.5, 0.6) is 5.75 Å². The quantitative estimate of drug-likeness (QED) is 0.885. The molecule has 0 aromatic heterocycles. The zero-order valence-corrected chi connectivity index (χ0v) is 12.2. The molecule has 0 saturated heterocycles. The van der Waals surface area contributed by atoms with Crippen LogP contribution in [0, 0.1) is 6.92 Å². The number of hydrogen-bond acceptors (Lipinski definition) is 3. The van der Waals surface area contributed by atoms with E-state index in [0.29, 0.717) is 6.10 Å². The van der Waals surface area contributed by atoms with Gasteiger partial charge in [-0.25, -0.2) is 0 Å². The molecule has 19 heavy (non-hydrogen) atoms. The van der Waals surface area contributed by atoms with Gasteiger partial charge in [-0.15, -0.1) is 0 Å². The van der Waals surface area contributed by atoms with Crippen LogP contribution >= 0.6 is 0 Å². The van der Waals surface area contributed by atoms with Gasteiger partial charge in [-0.2, -0.15) is 0 Å². The molecule has 0 amide bonds. The maximum Gasteiger partial charge on any atom is 0.124 e. The number of aryl methyl sites for hydroxylation is 1. The van der Waals surface area contributed by atoms with Crippen LogP contribution < -0.4 is 10.1 Å². The van der Waals surface area contributed by atoms with Crippen LogP contribution in [0.1, 0.15) is 36.8 Å². The highest BCUT2D eigenvalue weighted by atomic mass is 16.5. The summed E-state index contributed by atoms with van der Waals surface area (Å²) in [6.07, 6.45) is 5.13. The van der Waals surface area contributed by atoms with Gasteiger partial charge < -0.3 is 14.8 Å². The summed E-state index contributed by atoms with van der Waals surface area (Å²) in [5, 5.41) is 3.20. The summed E-state index contributed by atoms with van der Waals surface area (Å²) < 4.78 is 11.7. The molecule has 1 aliphatic rings. The van der Waals surface area contributed by atoms with E-state index in [9.17, 15) is 0 Å². The van der Waals surface area contributed by atoms with E-state index in [1.54, 1.807) is 7.11 Å². The van der Waals surface area contributed by atoms with E-state index in [4.69, 9.17) is 9.47 Å². The first-order valence-electron chi connectivity index (χ1n) is 7.16. The van der Waals surface area contributed by atoms with Gasteiger partial charge in [0.15, 0.2) is 0 Å². The molecule has 1 aromatic rings. The Bertz CT molecular complexity index is 406. The molecule has 2 rings (SSSR count). The van der Waals surface area contributed by atoms with Crippen molar-refractivity contribution in [1.82, 2.24) is 5.32 Å². The molecule has 1 saturated carbocycles. The number of methoxy groups -OCH3 is 1. The smallest absolute Gasteiger partial charge is 0.124 e. The molecule has 1 aliphatic carbocycles. The number of nitrogens with one attached hydrogen (secondary N) is 1. The summed E-state index contributed by atoms with van der Waals surface area (Å²) in [7, 11) is 3.76. The normalized spacial score (nSPS) is 23.3. The minimum Gasteiger partial charge on any atom is -0.490 e. The van der Waals surface area contributed by atoms with E-state index in [1.165, 1.54) is 17.5 Å². The van der Waals surface area contributed by atoms with Crippen LogP contribution in [0.25, 0.3) is 0 Å². The molecule has 2 unspecified atom stereocenters. The van der Waals surface area contributed by atoms with E-state index >= 15 is 0 Å². The van der Waals surface area contributed by atoms with Crippen LogP contribution in [0.4, 0.5) is 0 Å². The largest absolute Gasteiger partial charge is 0.490 e. The predicted molar refractivity (Wildman–Crippen MR) is 77.6 cm³/mol. The van der Waals surface area contributed by atoms with E-state index in [-0.39, 0.29) is 6.10 Å². The molecule has 0 heterocycles. The van der Waals surface area contributed by atoms with Crippen molar-refractivity contribution in [3.8, 4) is 5.75 Å². The topological polar surface area (TPSA) is 30.5 Å². The summed E-state index contributed by atoms with van der Waals surface area (Å²) in [6.45, 7) is 2.96. The van der Waals surface area contributed by atoms with Gasteiger partial charge in [0.25, 0.3) is 0 Å². The second-order valence-electron chi connectivity index (χ2n) is 5.41. The van der Waals surface area contributed by atoms with Gasteiger partial charge in [0.2, 0.25) is 0 Å². The molecule has 0 bridgehead atoms. The van der Waals surface area contributed by atoms with Gasteiger partial charge in [-0.1, -0.05) is 17.7 Å². The first-order chi connectivity index (χ1) is 9.22. The third-order valence-electron chi connectivity index (χ3n) is 3.79. The predicted octanol–water partition coefficient (Wildman–Crippen LogP) is 3.05. The summed E-state index contributed by atoms with van der Waals surface area (Å²) >= 11 is 0. The molecule has 1 N–H and O–H groups in total. The molecular formula is C16H25NO2. The zero-order chi connectivity index (χ0) is 13.7. The molecule has 0 spiro atoms. The third kappa shape index (κ3) is 3.95. The Morgan fingerprint density at radius 2 is 2.05 bits per heavy atom. The molecule has 1 fully saturated rings. The second-order valence-corrected chi connectivity index (χ2v) is 5.41. The van der Waals surface area contributed by atoms with Gasteiger partial charge in [-0.3, -0.25) is 0 Å². The fourth-order valence-electron chi connectivity index (χ4n) is 2.75. The Balaban J connectivity index is 2.05. The molecule has 0 radical (unpaired) electrons. The highest BCUT2D eigenvalue weighted by Crippen LogP contribution is 2.28. The van der Waals surface area contributed by atoms with E-state index < -0.39 is 0 Å². The van der Waals surface area contributed by atoms with E-state index in [1.807, 2.05) is 7.05 Å². The first-order valence-corrected chi connectivity index (χ1v) is 7.16. The van der Waals surface area contributed by atoms with Crippen molar-refractivity contribution in [2.45, 2.75) is 51.4 Å². The molecule has 3 nitrogen and oxygen atoms in total. The average molecular weight is 263 g/mol. The van der Waals surface area contributed by atoms with Crippen molar-refractivity contribution in [1.29, 1.82) is 0 Å². The monoisotopic (exact) mass is 263 g/mol. The Morgan fingerprint density at radius 3 is 2.79 bits per heavy atom. The minimum absolute atomic E-state index is 0.289. The lowest BCUT2D eigenvalue weighted by molar-refractivity contribution is 0.0206. The highest BCUT2D eigenvalue weighted by molar-refractivity contribution is 5.37. The Labute approximate surface area is 116 Å². The summed E-state index contributed by atoms with van der Waals surface area (Å²) in [4.78, 5) is 0. The number of hydrogen-bond donors (Lipinski definition) is 1. The van der Waals surface area contributed by atoms with Crippen molar-refractivity contribution < 1.29 is 9.47 Å². The summed E-state index contributed by atoms with van der Waals surface area (Å²) in [5.41, 5.74) is 2.51. The lowest BCUT2D eigenvalue weighted by atomic mass is 9.95. The minimum atomic E-state index is 0.289. The summed E-state index contributed by atoms with van der Waals surface area (Å²) in [5.74, 6) is 1.02.